The predicted molar refractivity (Wildman–Crippen MR) is 61.3 cm³/mol. The van der Waals surface area contributed by atoms with Crippen molar-refractivity contribution >= 4 is 17.4 Å². The molecule has 0 radical (unpaired) electrons. The van der Waals surface area contributed by atoms with Crippen molar-refractivity contribution in [3.8, 4) is 0 Å². The quantitative estimate of drug-likeness (QED) is 0.761. The van der Waals surface area contributed by atoms with Gasteiger partial charge in [0.05, 0.1) is 12.4 Å². The fourth-order valence-electron chi connectivity index (χ4n) is 1.92. The van der Waals surface area contributed by atoms with Gasteiger partial charge in [-0.1, -0.05) is 11.6 Å². The number of rotatable bonds is 2. The van der Waals surface area contributed by atoms with Crippen LogP contribution in [0.4, 0.5) is 5.82 Å². The molecule has 1 aliphatic heterocycles. The van der Waals surface area contributed by atoms with E-state index in [4.69, 9.17) is 11.6 Å². The van der Waals surface area contributed by atoms with Gasteiger partial charge in [0.2, 0.25) is 0 Å². The second-order valence-electron chi connectivity index (χ2n) is 4.02. The van der Waals surface area contributed by atoms with Gasteiger partial charge in [0.25, 0.3) is 0 Å². The molecule has 82 valence electrons. The standard InChI is InChI=1S/C10H15ClN4/c1-14-4-3-8(7-14)15(2)10-6-12-5-9(11)13-10/h5-6,8H,3-4,7H2,1-2H3. The van der Waals surface area contributed by atoms with Crippen molar-refractivity contribution in [3.05, 3.63) is 17.5 Å². The van der Waals surface area contributed by atoms with E-state index in [1.807, 2.05) is 7.05 Å². The van der Waals surface area contributed by atoms with Gasteiger partial charge < -0.3 is 9.80 Å². The highest BCUT2D eigenvalue weighted by Gasteiger charge is 2.24. The van der Waals surface area contributed by atoms with Gasteiger partial charge in [0.15, 0.2) is 0 Å². The lowest BCUT2D eigenvalue weighted by molar-refractivity contribution is 0.409. The lowest BCUT2D eigenvalue weighted by Crippen LogP contribution is -2.34. The second-order valence-corrected chi connectivity index (χ2v) is 4.40. The molecule has 0 N–H and O–H groups in total. The third-order valence-corrected chi connectivity index (χ3v) is 3.05. The van der Waals surface area contributed by atoms with Gasteiger partial charge in [-0.3, -0.25) is 4.98 Å². The topological polar surface area (TPSA) is 32.3 Å². The molecule has 1 saturated heterocycles. The van der Waals surface area contributed by atoms with E-state index in [0.717, 1.165) is 18.9 Å². The molecule has 1 aromatic rings. The van der Waals surface area contributed by atoms with Crippen LogP contribution in [-0.2, 0) is 0 Å². The number of aromatic nitrogens is 2. The number of nitrogens with zero attached hydrogens (tertiary/aromatic N) is 4. The van der Waals surface area contributed by atoms with Gasteiger partial charge in [-0.2, -0.15) is 0 Å². The van der Waals surface area contributed by atoms with Crippen LogP contribution in [0.3, 0.4) is 0 Å². The molecule has 1 fully saturated rings. The molecular weight excluding hydrogens is 212 g/mol. The zero-order valence-electron chi connectivity index (χ0n) is 9.02. The van der Waals surface area contributed by atoms with Gasteiger partial charge in [0.1, 0.15) is 11.0 Å². The summed E-state index contributed by atoms with van der Waals surface area (Å²) in [4.78, 5) is 12.8. The molecular formula is C10H15ClN4. The second kappa shape index (κ2) is 4.33. The van der Waals surface area contributed by atoms with Crippen molar-refractivity contribution in [1.82, 2.24) is 14.9 Å². The Kier molecular flexibility index (Phi) is 3.07. The van der Waals surface area contributed by atoms with Crippen molar-refractivity contribution < 1.29 is 0 Å². The van der Waals surface area contributed by atoms with E-state index in [1.54, 1.807) is 12.4 Å². The third kappa shape index (κ3) is 2.38. The first-order chi connectivity index (χ1) is 7.16. The zero-order valence-corrected chi connectivity index (χ0v) is 9.78. The first-order valence-corrected chi connectivity index (χ1v) is 5.43. The number of hydrogen-bond donors (Lipinski definition) is 0. The first-order valence-electron chi connectivity index (χ1n) is 5.06. The number of anilines is 1. The summed E-state index contributed by atoms with van der Waals surface area (Å²) in [6.07, 6.45) is 4.48. The number of likely N-dealkylation sites (N-methyl/N-ethyl adjacent to an activating group) is 2. The molecule has 0 spiro atoms. The summed E-state index contributed by atoms with van der Waals surface area (Å²) in [5.74, 6) is 0.850. The Hall–Kier alpha value is -0.870. The van der Waals surface area contributed by atoms with Gasteiger partial charge in [-0.15, -0.1) is 0 Å². The minimum Gasteiger partial charge on any atom is -0.354 e. The SMILES string of the molecule is CN1CCC(N(C)c2cncc(Cl)n2)C1. The maximum Gasteiger partial charge on any atom is 0.149 e. The van der Waals surface area contributed by atoms with Crippen molar-refractivity contribution in [2.45, 2.75) is 12.5 Å². The Labute approximate surface area is 94.9 Å². The zero-order chi connectivity index (χ0) is 10.8. The van der Waals surface area contributed by atoms with E-state index in [2.05, 4.69) is 26.8 Å². The first kappa shape index (κ1) is 10.6. The minimum atomic E-state index is 0.450. The highest BCUT2D eigenvalue weighted by atomic mass is 35.5. The monoisotopic (exact) mass is 226 g/mol. The van der Waals surface area contributed by atoms with Crippen LogP contribution in [0.5, 0.6) is 0 Å². The van der Waals surface area contributed by atoms with Crippen molar-refractivity contribution in [3.63, 3.8) is 0 Å². The molecule has 4 nitrogen and oxygen atoms in total. The van der Waals surface area contributed by atoms with Crippen LogP contribution in [0.25, 0.3) is 0 Å². The van der Waals surface area contributed by atoms with E-state index in [9.17, 15) is 0 Å². The molecule has 15 heavy (non-hydrogen) atoms. The summed E-state index contributed by atoms with van der Waals surface area (Å²) in [6.45, 7) is 2.22. The average Bonchev–Trinajstić information content (AvgIpc) is 2.64. The van der Waals surface area contributed by atoms with Crippen LogP contribution in [0.2, 0.25) is 5.15 Å². The van der Waals surface area contributed by atoms with Crippen LogP contribution in [0, 0.1) is 0 Å². The molecule has 0 aromatic carbocycles. The lowest BCUT2D eigenvalue weighted by atomic mass is 10.2. The van der Waals surface area contributed by atoms with Crippen LogP contribution in [0.1, 0.15) is 6.42 Å². The molecule has 0 saturated carbocycles. The van der Waals surface area contributed by atoms with E-state index in [1.165, 1.54) is 6.42 Å². The van der Waals surface area contributed by atoms with Crippen molar-refractivity contribution in [2.75, 3.05) is 32.1 Å². The average molecular weight is 227 g/mol. The molecule has 1 unspecified atom stereocenters. The molecule has 0 aliphatic carbocycles. The molecule has 1 aliphatic rings. The number of likely N-dealkylation sites (tertiary alicyclic amines) is 1. The van der Waals surface area contributed by atoms with Crippen LogP contribution in [-0.4, -0.2) is 48.1 Å². The van der Waals surface area contributed by atoms with E-state index in [0.29, 0.717) is 11.2 Å². The maximum absolute atomic E-state index is 5.81. The summed E-state index contributed by atoms with van der Waals surface area (Å²) in [6, 6.07) is 0.516. The molecule has 5 heteroatoms. The molecule has 2 heterocycles. The summed E-state index contributed by atoms with van der Waals surface area (Å²) in [5.41, 5.74) is 0. The van der Waals surface area contributed by atoms with Gasteiger partial charge in [0, 0.05) is 19.6 Å². The molecule has 0 amide bonds. The van der Waals surface area contributed by atoms with Crippen LogP contribution >= 0.6 is 11.6 Å². The van der Waals surface area contributed by atoms with E-state index in [-0.39, 0.29) is 0 Å². The third-order valence-electron chi connectivity index (χ3n) is 2.87. The number of halogens is 1. The summed E-state index contributed by atoms with van der Waals surface area (Å²) < 4.78 is 0. The molecule has 1 aromatic heterocycles. The fraction of sp³-hybridized carbons (Fsp3) is 0.600. The van der Waals surface area contributed by atoms with E-state index < -0.39 is 0 Å². The fourth-order valence-corrected chi connectivity index (χ4v) is 2.06. The van der Waals surface area contributed by atoms with Crippen molar-refractivity contribution in [1.29, 1.82) is 0 Å². The Bertz CT molecular complexity index is 344. The Morgan fingerprint density at radius 1 is 1.53 bits per heavy atom. The maximum atomic E-state index is 5.81. The summed E-state index contributed by atoms with van der Waals surface area (Å²) in [7, 11) is 4.18. The molecule has 2 rings (SSSR count). The van der Waals surface area contributed by atoms with Gasteiger partial charge >= 0.3 is 0 Å². The van der Waals surface area contributed by atoms with Crippen LogP contribution in [0.15, 0.2) is 12.4 Å². The summed E-state index contributed by atoms with van der Waals surface area (Å²) >= 11 is 5.81. The highest BCUT2D eigenvalue weighted by molar-refractivity contribution is 6.29. The molecule has 1 atom stereocenters. The minimum absolute atomic E-state index is 0.450. The lowest BCUT2D eigenvalue weighted by Gasteiger charge is -2.25. The number of hydrogen-bond acceptors (Lipinski definition) is 4. The smallest absolute Gasteiger partial charge is 0.149 e. The predicted octanol–water partition coefficient (Wildman–Crippen LogP) is 1.27. The largest absolute Gasteiger partial charge is 0.354 e. The van der Waals surface area contributed by atoms with Gasteiger partial charge in [-0.05, 0) is 20.0 Å². The van der Waals surface area contributed by atoms with Crippen LogP contribution < -0.4 is 4.90 Å². The van der Waals surface area contributed by atoms with Gasteiger partial charge in [-0.25, -0.2) is 4.98 Å². The van der Waals surface area contributed by atoms with E-state index >= 15 is 0 Å². The Balaban J connectivity index is 2.10. The summed E-state index contributed by atoms with van der Waals surface area (Å²) in [5, 5.41) is 0.450. The Morgan fingerprint density at radius 3 is 2.93 bits per heavy atom. The van der Waals surface area contributed by atoms with Crippen molar-refractivity contribution in [2.24, 2.45) is 0 Å². The Morgan fingerprint density at radius 2 is 2.33 bits per heavy atom. The molecule has 0 bridgehead atoms. The highest BCUT2D eigenvalue weighted by Crippen LogP contribution is 2.19. The normalized spacial score (nSPS) is 21.9.